The van der Waals surface area contributed by atoms with Crippen molar-refractivity contribution in [2.75, 3.05) is 20.6 Å². The van der Waals surface area contributed by atoms with Crippen LogP contribution in [0.4, 0.5) is 0 Å². The van der Waals surface area contributed by atoms with Crippen LogP contribution < -0.4 is 0 Å². The van der Waals surface area contributed by atoms with Crippen LogP contribution in [0.25, 0.3) is 0 Å². The van der Waals surface area contributed by atoms with Crippen LogP contribution >= 0.6 is 0 Å². The average Bonchev–Trinajstić information content (AvgIpc) is 2.37. The normalized spacial score (nSPS) is 20.4. The van der Waals surface area contributed by atoms with E-state index in [9.17, 15) is 10.2 Å². The third-order valence-electron chi connectivity index (χ3n) is 4.23. The van der Waals surface area contributed by atoms with Crippen LogP contribution in [0.15, 0.2) is 24.3 Å². The molecule has 1 aliphatic rings. The van der Waals surface area contributed by atoms with Crippen molar-refractivity contribution >= 4 is 0 Å². The van der Waals surface area contributed by atoms with Crippen LogP contribution in [-0.4, -0.2) is 41.4 Å². The number of nitrogens with zero attached hydrogens (tertiary/aromatic N) is 1. The van der Waals surface area contributed by atoms with Gasteiger partial charge >= 0.3 is 0 Å². The van der Waals surface area contributed by atoms with E-state index >= 15 is 0 Å². The van der Waals surface area contributed by atoms with Gasteiger partial charge in [-0.3, -0.25) is 0 Å². The van der Waals surface area contributed by atoms with Gasteiger partial charge in [0.25, 0.3) is 0 Å². The molecule has 3 nitrogen and oxygen atoms in total. The summed E-state index contributed by atoms with van der Waals surface area (Å²) in [5.74, 6) is 0.275. The number of hydrogen-bond donors (Lipinski definition) is 2. The first kappa shape index (κ1) is 14.4. The minimum absolute atomic E-state index is 0.0241. The zero-order valence-corrected chi connectivity index (χ0v) is 12.0. The zero-order chi connectivity index (χ0) is 13.9. The minimum Gasteiger partial charge on any atom is -0.508 e. The predicted octanol–water partition coefficient (Wildman–Crippen LogP) is 2.73. The molecule has 0 amide bonds. The van der Waals surface area contributed by atoms with E-state index in [2.05, 4.69) is 4.90 Å². The van der Waals surface area contributed by atoms with Crippen molar-refractivity contribution in [3.63, 3.8) is 0 Å². The van der Waals surface area contributed by atoms with Gasteiger partial charge in [-0.1, -0.05) is 37.5 Å². The molecule has 3 heteroatoms. The first-order chi connectivity index (χ1) is 9.03. The highest BCUT2D eigenvalue weighted by Gasteiger charge is 2.39. The van der Waals surface area contributed by atoms with Gasteiger partial charge in [0.2, 0.25) is 0 Å². The molecule has 0 heterocycles. The van der Waals surface area contributed by atoms with Crippen molar-refractivity contribution in [2.24, 2.45) is 0 Å². The number of aliphatic hydroxyl groups is 1. The quantitative estimate of drug-likeness (QED) is 0.878. The number of benzene rings is 1. The lowest BCUT2D eigenvalue weighted by atomic mass is 9.72. The van der Waals surface area contributed by atoms with Crippen LogP contribution in [0.5, 0.6) is 5.75 Å². The Morgan fingerprint density at radius 3 is 2.37 bits per heavy atom. The van der Waals surface area contributed by atoms with Crippen molar-refractivity contribution in [2.45, 2.75) is 43.6 Å². The van der Waals surface area contributed by atoms with Gasteiger partial charge in [-0.05, 0) is 33.0 Å². The Morgan fingerprint density at radius 2 is 1.79 bits per heavy atom. The van der Waals surface area contributed by atoms with Crippen molar-refractivity contribution < 1.29 is 10.2 Å². The molecule has 0 unspecified atom stereocenters. The molecule has 1 aromatic rings. The van der Waals surface area contributed by atoms with E-state index in [0.717, 1.165) is 37.8 Å². The summed E-state index contributed by atoms with van der Waals surface area (Å²) in [5, 5.41) is 21.1. The van der Waals surface area contributed by atoms with Crippen molar-refractivity contribution in [1.29, 1.82) is 0 Å². The molecule has 1 atom stereocenters. The standard InChI is InChI=1S/C16H25NO2/c1-17(2)12-14(13-8-4-5-9-15(13)18)16(19)10-6-3-7-11-16/h4-5,8-9,14,18-19H,3,6-7,10-12H2,1-2H3/t14-/m0/s1. The number of aromatic hydroxyl groups is 1. The summed E-state index contributed by atoms with van der Waals surface area (Å²) >= 11 is 0. The summed E-state index contributed by atoms with van der Waals surface area (Å²) in [4.78, 5) is 2.09. The Kier molecular flexibility index (Phi) is 4.48. The molecule has 0 saturated heterocycles. The third kappa shape index (κ3) is 3.28. The maximum atomic E-state index is 11.0. The number of para-hydroxylation sites is 1. The molecular formula is C16H25NO2. The fraction of sp³-hybridized carbons (Fsp3) is 0.625. The summed E-state index contributed by atoms with van der Waals surface area (Å²) in [6, 6.07) is 7.42. The fourth-order valence-corrected chi connectivity index (χ4v) is 3.22. The number of rotatable bonds is 4. The summed E-state index contributed by atoms with van der Waals surface area (Å²) < 4.78 is 0. The first-order valence-electron chi connectivity index (χ1n) is 7.18. The molecule has 1 saturated carbocycles. The first-order valence-corrected chi connectivity index (χ1v) is 7.18. The van der Waals surface area contributed by atoms with E-state index in [0.29, 0.717) is 5.75 Å². The van der Waals surface area contributed by atoms with Gasteiger partial charge in [0.15, 0.2) is 0 Å². The molecule has 19 heavy (non-hydrogen) atoms. The van der Waals surface area contributed by atoms with Crippen LogP contribution in [0, 0.1) is 0 Å². The minimum atomic E-state index is -0.679. The Hall–Kier alpha value is -1.06. The number of phenols is 1. The molecular weight excluding hydrogens is 238 g/mol. The average molecular weight is 263 g/mol. The second kappa shape index (κ2) is 5.93. The Bertz CT molecular complexity index is 411. The number of phenolic OH excluding ortho intramolecular Hbond substituents is 1. The zero-order valence-electron chi connectivity index (χ0n) is 12.0. The molecule has 0 spiro atoms. The lowest BCUT2D eigenvalue weighted by Gasteiger charge is -2.41. The van der Waals surface area contributed by atoms with E-state index in [-0.39, 0.29) is 5.92 Å². The van der Waals surface area contributed by atoms with E-state index < -0.39 is 5.60 Å². The van der Waals surface area contributed by atoms with Crippen LogP contribution in [0.2, 0.25) is 0 Å². The molecule has 1 aliphatic carbocycles. The molecule has 106 valence electrons. The lowest BCUT2D eigenvalue weighted by molar-refractivity contribution is -0.0283. The van der Waals surface area contributed by atoms with Gasteiger partial charge in [-0.15, -0.1) is 0 Å². The lowest BCUT2D eigenvalue weighted by Crippen LogP contribution is -2.42. The SMILES string of the molecule is CN(C)C[C@@H](c1ccccc1O)C1(O)CCCCC1. The Balaban J connectivity index is 2.32. The summed E-state index contributed by atoms with van der Waals surface area (Å²) in [7, 11) is 4.03. The Labute approximate surface area is 115 Å². The summed E-state index contributed by atoms with van der Waals surface area (Å²) in [6.45, 7) is 0.758. The molecule has 2 N–H and O–H groups in total. The third-order valence-corrected chi connectivity index (χ3v) is 4.23. The van der Waals surface area contributed by atoms with Gasteiger partial charge in [0.1, 0.15) is 5.75 Å². The van der Waals surface area contributed by atoms with Crippen LogP contribution in [0.1, 0.15) is 43.6 Å². The predicted molar refractivity (Wildman–Crippen MR) is 77.4 cm³/mol. The summed E-state index contributed by atoms with van der Waals surface area (Å²) in [5.41, 5.74) is 0.196. The molecule has 0 aliphatic heterocycles. The number of likely N-dealkylation sites (N-methyl/N-ethyl adjacent to an activating group) is 1. The molecule has 1 aromatic carbocycles. The van der Waals surface area contributed by atoms with Gasteiger partial charge in [0, 0.05) is 18.0 Å². The maximum absolute atomic E-state index is 11.0. The highest BCUT2D eigenvalue weighted by molar-refractivity contribution is 5.37. The highest BCUT2D eigenvalue weighted by Crippen LogP contribution is 2.42. The molecule has 1 fully saturated rings. The van der Waals surface area contributed by atoms with Crippen molar-refractivity contribution in [1.82, 2.24) is 4.90 Å². The molecule has 0 radical (unpaired) electrons. The van der Waals surface area contributed by atoms with Gasteiger partial charge in [-0.2, -0.15) is 0 Å². The summed E-state index contributed by atoms with van der Waals surface area (Å²) in [6.07, 6.45) is 5.03. The molecule has 2 rings (SSSR count). The fourth-order valence-electron chi connectivity index (χ4n) is 3.22. The smallest absolute Gasteiger partial charge is 0.119 e. The van der Waals surface area contributed by atoms with Gasteiger partial charge in [-0.25, -0.2) is 0 Å². The van der Waals surface area contributed by atoms with E-state index in [1.54, 1.807) is 6.07 Å². The second-order valence-corrected chi connectivity index (χ2v) is 6.04. The highest BCUT2D eigenvalue weighted by atomic mass is 16.3. The maximum Gasteiger partial charge on any atom is 0.119 e. The second-order valence-electron chi connectivity index (χ2n) is 6.04. The van der Waals surface area contributed by atoms with E-state index in [1.165, 1.54) is 6.42 Å². The Morgan fingerprint density at radius 1 is 1.16 bits per heavy atom. The van der Waals surface area contributed by atoms with Gasteiger partial charge < -0.3 is 15.1 Å². The van der Waals surface area contributed by atoms with E-state index in [4.69, 9.17) is 0 Å². The monoisotopic (exact) mass is 263 g/mol. The van der Waals surface area contributed by atoms with Gasteiger partial charge in [0.05, 0.1) is 5.60 Å². The van der Waals surface area contributed by atoms with Crippen LogP contribution in [-0.2, 0) is 0 Å². The van der Waals surface area contributed by atoms with E-state index in [1.807, 2.05) is 32.3 Å². The molecule has 0 bridgehead atoms. The largest absolute Gasteiger partial charge is 0.508 e. The molecule has 0 aromatic heterocycles. The topological polar surface area (TPSA) is 43.7 Å². The number of hydrogen-bond acceptors (Lipinski definition) is 3. The van der Waals surface area contributed by atoms with Crippen molar-refractivity contribution in [3.8, 4) is 5.75 Å². The van der Waals surface area contributed by atoms with Crippen LogP contribution in [0.3, 0.4) is 0 Å². The van der Waals surface area contributed by atoms with Crippen molar-refractivity contribution in [3.05, 3.63) is 29.8 Å².